The fraction of sp³-hybridized carbons (Fsp3) is 0.167. The zero-order chi connectivity index (χ0) is 17.4. The fourth-order valence-electron chi connectivity index (χ4n) is 1.86. The SMILES string of the molecule is Cn1cc(S(N)(=O)=O)c(Cl)c1C(=O)Nc1ccnc(C(F)F)c1. The van der Waals surface area contributed by atoms with Crippen molar-refractivity contribution < 1.29 is 22.0 Å². The minimum atomic E-state index is -4.10. The van der Waals surface area contributed by atoms with Crippen molar-refractivity contribution in [3.8, 4) is 0 Å². The summed E-state index contributed by atoms with van der Waals surface area (Å²) < 4.78 is 49.1. The second-order valence-corrected chi connectivity index (χ2v) is 6.44. The lowest BCUT2D eigenvalue weighted by molar-refractivity contribution is 0.101. The molecule has 0 spiro atoms. The Balaban J connectivity index is 2.36. The van der Waals surface area contributed by atoms with Gasteiger partial charge in [-0.05, 0) is 12.1 Å². The van der Waals surface area contributed by atoms with Crippen LogP contribution < -0.4 is 10.5 Å². The van der Waals surface area contributed by atoms with E-state index in [2.05, 4.69) is 10.3 Å². The number of sulfonamides is 1. The fourth-order valence-corrected chi connectivity index (χ4v) is 3.10. The van der Waals surface area contributed by atoms with Gasteiger partial charge in [-0.25, -0.2) is 22.3 Å². The van der Waals surface area contributed by atoms with E-state index in [9.17, 15) is 22.0 Å². The van der Waals surface area contributed by atoms with Crippen molar-refractivity contribution >= 4 is 33.2 Å². The van der Waals surface area contributed by atoms with Crippen LogP contribution in [0.2, 0.25) is 5.02 Å². The van der Waals surface area contributed by atoms with Gasteiger partial charge < -0.3 is 9.88 Å². The summed E-state index contributed by atoms with van der Waals surface area (Å²) in [4.78, 5) is 15.3. The molecule has 0 bridgehead atoms. The lowest BCUT2D eigenvalue weighted by Gasteiger charge is -2.08. The number of halogens is 3. The van der Waals surface area contributed by atoms with Gasteiger partial charge >= 0.3 is 0 Å². The molecule has 1 amide bonds. The first-order valence-corrected chi connectivity index (χ1v) is 7.96. The van der Waals surface area contributed by atoms with Gasteiger partial charge in [0.15, 0.2) is 0 Å². The molecule has 11 heteroatoms. The maximum Gasteiger partial charge on any atom is 0.280 e. The Morgan fingerprint density at radius 3 is 2.65 bits per heavy atom. The van der Waals surface area contributed by atoms with Gasteiger partial charge in [-0.1, -0.05) is 11.6 Å². The number of nitrogens with two attached hydrogens (primary N) is 1. The average Bonchev–Trinajstić information content (AvgIpc) is 2.74. The van der Waals surface area contributed by atoms with E-state index in [0.29, 0.717) is 0 Å². The van der Waals surface area contributed by atoms with Crippen molar-refractivity contribution in [2.45, 2.75) is 11.3 Å². The van der Waals surface area contributed by atoms with E-state index in [0.717, 1.165) is 18.5 Å². The average molecular weight is 365 g/mol. The summed E-state index contributed by atoms with van der Waals surface area (Å²) in [6.07, 6.45) is -0.595. The van der Waals surface area contributed by atoms with Crippen LogP contribution in [0.15, 0.2) is 29.4 Å². The molecule has 0 aliphatic heterocycles. The zero-order valence-corrected chi connectivity index (χ0v) is 13.2. The topological polar surface area (TPSA) is 107 Å². The molecule has 0 aliphatic rings. The van der Waals surface area contributed by atoms with Crippen molar-refractivity contribution in [1.29, 1.82) is 0 Å². The van der Waals surface area contributed by atoms with Crippen LogP contribution in [0, 0.1) is 0 Å². The van der Waals surface area contributed by atoms with E-state index in [1.54, 1.807) is 0 Å². The molecule has 7 nitrogen and oxygen atoms in total. The molecule has 2 rings (SSSR count). The van der Waals surface area contributed by atoms with Gasteiger partial charge in [0, 0.05) is 25.1 Å². The Morgan fingerprint density at radius 1 is 1.48 bits per heavy atom. The predicted octanol–water partition coefficient (Wildman–Crippen LogP) is 1.91. The van der Waals surface area contributed by atoms with E-state index in [-0.39, 0.29) is 16.4 Å². The highest BCUT2D eigenvalue weighted by atomic mass is 35.5. The van der Waals surface area contributed by atoms with Crippen LogP contribution in [0.3, 0.4) is 0 Å². The van der Waals surface area contributed by atoms with Crippen LogP contribution in [-0.2, 0) is 17.1 Å². The summed E-state index contributed by atoms with van der Waals surface area (Å²) >= 11 is 5.88. The third-order valence-corrected chi connectivity index (χ3v) is 4.29. The van der Waals surface area contributed by atoms with Gasteiger partial charge in [0.05, 0.1) is 5.02 Å². The molecular formula is C12H11ClF2N4O3S. The highest BCUT2D eigenvalue weighted by molar-refractivity contribution is 7.89. The molecule has 124 valence electrons. The minimum absolute atomic E-state index is 0.0646. The molecule has 0 aromatic carbocycles. The summed E-state index contributed by atoms with van der Waals surface area (Å²) in [6.45, 7) is 0. The van der Waals surface area contributed by atoms with Crippen LogP contribution in [0.4, 0.5) is 14.5 Å². The number of hydrogen-bond donors (Lipinski definition) is 2. The van der Waals surface area contributed by atoms with Crippen LogP contribution >= 0.6 is 11.6 Å². The molecule has 0 aliphatic carbocycles. The number of anilines is 1. The van der Waals surface area contributed by atoms with E-state index in [1.165, 1.54) is 17.7 Å². The lowest BCUT2D eigenvalue weighted by Crippen LogP contribution is -2.16. The number of carbonyl (C=O) groups excluding carboxylic acids is 1. The van der Waals surface area contributed by atoms with Crippen molar-refractivity contribution in [3.05, 3.63) is 40.9 Å². The zero-order valence-electron chi connectivity index (χ0n) is 11.6. The Kier molecular flexibility index (Phi) is 4.68. The summed E-state index contributed by atoms with van der Waals surface area (Å²) in [5, 5.41) is 6.99. The molecule has 0 unspecified atom stereocenters. The summed E-state index contributed by atoms with van der Waals surface area (Å²) in [6, 6.07) is 2.31. The van der Waals surface area contributed by atoms with Crippen LogP contribution in [-0.4, -0.2) is 23.9 Å². The first-order valence-electron chi connectivity index (χ1n) is 6.04. The molecule has 2 aromatic heterocycles. The van der Waals surface area contributed by atoms with Gasteiger partial charge in [-0.3, -0.25) is 9.78 Å². The second-order valence-electron chi connectivity index (χ2n) is 4.54. The van der Waals surface area contributed by atoms with Gasteiger partial charge in [0.1, 0.15) is 16.3 Å². The summed E-state index contributed by atoms with van der Waals surface area (Å²) in [7, 11) is -2.71. The monoisotopic (exact) mass is 364 g/mol. The van der Waals surface area contributed by atoms with Crippen LogP contribution in [0.1, 0.15) is 22.6 Å². The largest absolute Gasteiger partial charge is 0.344 e. The molecular weight excluding hydrogens is 354 g/mol. The Hall–Kier alpha value is -2.04. The van der Waals surface area contributed by atoms with Crippen LogP contribution in [0.25, 0.3) is 0 Å². The number of aromatic nitrogens is 2. The molecule has 2 heterocycles. The Labute approximate surface area is 135 Å². The molecule has 0 radical (unpaired) electrons. The van der Waals surface area contributed by atoms with E-state index in [4.69, 9.17) is 16.7 Å². The number of primary sulfonamides is 1. The van der Waals surface area contributed by atoms with Gasteiger partial charge in [-0.2, -0.15) is 0 Å². The number of alkyl halides is 2. The van der Waals surface area contributed by atoms with Gasteiger partial charge in [0.2, 0.25) is 10.0 Å². The number of carbonyl (C=O) groups is 1. The maximum atomic E-state index is 12.6. The predicted molar refractivity (Wildman–Crippen MR) is 78.9 cm³/mol. The summed E-state index contributed by atoms with van der Waals surface area (Å²) in [5.41, 5.74) is -0.619. The van der Waals surface area contributed by atoms with Crippen molar-refractivity contribution in [2.75, 3.05) is 5.32 Å². The maximum absolute atomic E-state index is 12.6. The van der Waals surface area contributed by atoms with Crippen molar-refractivity contribution in [2.24, 2.45) is 12.2 Å². The quantitative estimate of drug-likeness (QED) is 0.863. The minimum Gasteiger partial charge on any atom is -0.344 e. The highest BCUT2D eigenvalue weighted by Crippen LogP contribution is 2.27. The number of pyridine rings is 1. The standard InChI is InChI=1S/C12H11ClF2N4O3S/c1-19-5-8(23(16,21)22)9(13)10(19)12(20)18-6-2-3-17-7(4-6)11(14)15/h2-5,11H,1H3,(H2,16,21,22)(H,17,18,20). The highest BCUT2D eigenvalue weighted by Gasteiger charge is 2.25. The van der Waals surface area contributed by atoms with Gasteiger partial charge in [-0.15, -0.1) is 0 Å². The first-order chi connectivity index (χ1) is 10.6. The molecule has 0 saturated carbocycles. The van der Waals surface area contributed by atoms with Crippen molar-refractivity contribution in [1.82, 2.24) is 9.55 Å². The smallest absolute Gasteiger partial charge is 0.280 e. The molecule has 3 N–H and O–H groups in total. The van der Waals surface area contributed by atoms with Gasteiger partial charge in [0.25, 0.3) is 12.3 Å². The number of amides is 1. The van der Waals surface area contributed by atoms with E-state index >= 15 is 0 Å². The molecule has 23 heavy (non-hydrogen) atoms. The number of nitrogens with one attached hydrogen (secondary N) is 1. The second kappa shape index (κ2) is 6.22. The lowest BCUT2D eigenvalue weighted by atomic mass is 10.3. The number of aryl methyl sites for hydroxylation is 1. The molecule has 2 aromatic rings. The Morgan fingerprint density at radius 2 is 2.13 bits per heavy atom. The molecule has 0 atom stereocenters. The van der Waals surface area contributed by atoms with E-state index in [1.807, 2.05) is 0 Å². The molecule has 0 fully saturated rings. The number of hydrogen-bond acceptors (Lipinski definition) is 4. The summed E-state index contributed by atoms with van der Waals surface area (Å²) in [5.74, 6) is -0.779. The third kappa shape index (κ3) is 3.66. The molecule has 0 saturated heterocycles. The first kappa shape index (κ1) is 17.3. The van der Waals surface area contributed by atoms with Crippen molar-refractivity contribution in [3.63, 3.8) is 0 Å². The number of rotatable bonds is 4. The van der Waals surface area contributed by atoms with Crippen LogP contribution in [0.5, 0.6) is 0 Å². The number of nitrogens with zero attached hydrogens (tertiary/aromatic N) is 2. The Bertz CT molecular complexity index is 867. The normalized spacial score (nSPS) is 11.7. The van der Waals surface area contributed by atoms with E-state index < -0.39 is 32.9 Å². The third-order valence-electron chi connectivity index (χ3n) is 2.87.